The Labute approximate surface area is 171 Å². The normalized spacial score (nSPS) is 17.6. The molecule has 0 bridgehead atoms. The molecule has 4 nitrogen and oxygen atoms in total. The summed E-state index contributed by atoms with van der Waals surface area (Å²) in [5, 5.41) is 0. The van der Waals surface area contributed by atoms with Crippen molar-refractivity contribution in [3.8, 4) is 17.2 Å². The summed E-state index contributed by atoms with van der Waals surface area (Å²) in [6, 6.07) is 12.7. The molecule has 3 heterocycles. The van der Waals surface area contributed by atoms with Crippen molar-refractivity contribution in [1.29, 1.82) is 0 Å². The predicted molar refractivity (Wildman–Crippen MR) is 107 cm³/mol. The number of alkyl halides is 3. The van der Waals surface area contributed by atoms with Crippen LogP contribution in [0.25, 0.3) is 5.69 Å². The number of aliphatic imine (C=N–C) groups is 1. The van der Waals surface area contributed by atoms with E-state index in [9.17, 15) is 13.2 Å². The number of hydrogen-bond acceptors (Lipinski definition) is 3. The third-order valence-electron chi connectivity index (χ3n) is 5.44. The molecular formula is C23H19F3N2O2. The number of rotatable bonds is 2. The molecule has 0 saturated carbocycles. The van der Waals surface area contributed by atoms with Gasteiger partial charge >= 0.3 is 6.18 Å². The lowest BCUT2D eigenvalue weighted by atomic mass is 10.0. The summed E-state index contributed by atoms with van der Waals surface area (Å²) < 4.78 is 53.4. The van der Waals surface area contributed by atoms with E-state index in [2.05, 4.69) is 0 Å². The topological polar surface area (TPSA) is 35.8 Å². The lowest BCUT2D eigenvalue weighted by molar-refractivity contribution is -0.137. The standard InChI is InChI=1S/C23H19F3N2O2/c1-2-17-16-12-20-21(30-10-9-29-20)13-19(16)28-8-4-7-18(28)22(27-17)14-5-3-6-15(11-14)23(24,25)26/h3-8,11-13,17H,2,9-10H2,1H3/t17-/m0/s1. The Balaban J connectivity index is 1.72. The van der Waals surface area contributed by atoms with E-state index in [0.29, 0.717) is 42.4 Å². The Bertz CT molecular complexity index is 1150. The van der Waals surface area contributed by atoms with Crippen molar-refractivity contribution < 1.29 is 22.6 Å². The van der Waals surface area contributed by atoms with Crippen LogP contribution < -0.4 is 9.47 Å². The van der Waals surface area contributed by atoms with Gasteiger partial charge in [-0.3, -0.25) is 4.99 Å². The fraction of sp³-hybridized carbons (Fsp3) is 0.261. The number of ether oxygens (including phenoxy) is 2. The molecule has 154 valence electrons. The van der Waals surface area contributed by atoms with Crippen LogP contribution in [0.2, 0.25) is 0 Å². The fourth-order valence-corrected chi connectivity index (χ4v) is 4.02. The summed E-state index contributed by atoms with van der Waals surface area (Å²) in [5.74, 6) is 1.34. The second-order valence-electron chi connectivity index (χ2n) is 7.30. The van der Waals surface area contributed by atoms with Crippen molar-refractivity contribution >= 4 is 5.71 Å². The van der Waals surface area contributed by atoms with E-state index < -0.39 is 11.7 Å². The highest BCUT2D eigenvalue weighted by Crippen LogP contribution is 2.41. The van der Waals surface area contributed by atoms with Gasteiger partial charge in [-0.2, -0.15) is 13.2 Å². The molecular weight excluding hydrogens is 393 g/mol. The average Bonchev–Trinajstić information content (AvgIpc) is 3.18. The van der Waals surface area contributed by atoms with Crippen LogP contribution in [0.4, 0.5) is 13.2 Å². The van der Waals surface area contributed by atoms with Crippen LogP contribution in [0.15, 0.2) is 59.7 Å². The van der Waals surface area contributed by atoms with Gasteiger partial charge in [0.15, 0.2) is 11.5 Å². The molecule has 2 aliphatic heterocycles. The van der Waals surface area contributed by atoms with Gasteiger partial charge in [-0.1, -0.05) is 19.1 Å². The minimum Gasteiger partial charge on any atom is -0.486 e. The second-order valence-corrected chi connectivity index (χ2v) is 7.30. The number of hydrogen-bond donors (Lipinski definition) is 0. The minimum absolute atomic E-state index is 0.222. The molecule has 7 heteroatoms. The summed E-state index contributed by atoms with van der Waals surface area (Å²) in [6.07, 6.45) is -1.82. The fourth-order valence-electron chi connectivity index (χ4n) is 4.02. The van der Waals surface area contributed by atoms with Crippen LogP contribution in [0.3, 0.4) is 0 Å². The summed E-state index contributed by atoms with van der Waals surface area (Å²) in [6.45, 7) is 2.97. The first kappa shape index (κ1) is 18.8. The molecule has 5 rings (SSSR count). The van der Waals surface area contributed by atoms with Crippen LogP contribution in [-0.4, -0.2) is 23.5 Å². The van der Waals surface area contributed by atoms with E-state index in [0.717, 1.165) is 29.1 Å². The second kappa shape index (κ2) is 6.93. The van der Waals surface area contributed by atoms with Crippen molar-refractivity contribution in [3.63, 3.8) is 0 Å². The molecule has 0 saturated heterocycles. The van der Waals surface area contributed by atoms with Gasteiger partial charge in [-0.15, -0.1) is 0 Å². The zero-order valence-corrected chi connectivity index (χ0v) is 16.2. The summed E-state index contributed by atoms with van der Waals surface area (Å²) >= 11 is 0. The maximum absolute atomic E-state index is 13.3. The number of nitrogens with zero attached hydrogens (tertiary/aromatic N) is 2. The molecule has 3 aromatic rings. The molecule has 30 heavy (non-hydrogen) atoms. The molecule has 0 unspecified atom stereocenters. The molecule has 1 aromatic heterocycles. The Kier molecular flexibility index (Phi) is 4.34. The lowest BCUT2D eigenvalue weighted by Crippen LogP contribution is -2.16. The third-order valence-corrected chi connectivity index (χ3v) is 5.44. The molecule has 2 aromatic carbocycles. The Morgan fingerprint density at radius 3 is 2.53 bits per heavy atom. The van der Waals surface area contributed by atoms with E-state index in [1.54, 1.807) is 6.07 Å². The van der Waals surface area contributed by atoms with Gasteiger partial charge in [-0.25, -0.2) is 0 Å². The Hall–Kier alpha value is -3.22. The first-order valence-corrected chi connectivity index (χ1v) is 9.83. The van der Waals surface area contributed by atoms with Gasteiger partial charge in [0.25, 0.3) is 0 Å². The van der Waals surface area contributed by atoms with Gasteiger partial charge in [0.05, 0.1) is 28.7 Å². The Morgan fingerprint density at radius 2 is 1.80 bits per heavy atom. The maximum atomic E-state index is 13.3. The number of aromatic nitrogens is 1. The SMILES string of the molecule is CC[C@@H]1N=C(c2cccc(C(F)(F)F)c2)c2cccn2-c2cc3c(cc21)OCCO3. The molecule has 0 amide bonds. The summed E-state index contributed by atoms with van der Waals surface area (Å²) in [5.41, 5.74) is 2.89. The van der Waals surface area contributed by atoms with E-state index in [-0.39, 0.29) is 6.04 Å². The van der Waals surface area contributed by atoms with E-state index >= 15 is 0 Å². The van der Waals surface area contributed by atoms with E-state index in [1.807, 2.05) is 42.0 Å². The summed E-state index contributed by atoms with van der Waals surface area (Å²) in [4.78, 5) is 4.92. The molecule has 0 N–H and O–H groups in total. The van der Waals surface area contributed by atoms with Crippen molar-refractivity contribution in [2.75, 3.05) is 13.2 Å². The van der Waals surface area contributed by atoms with Crippen molar-refractivity contribution in [3.05, 3.63) is 77.1 Å². The van der Waals surface area contributed by atoms with Gasteiger partial charge in [0.1, 0.15) is 13.2 Å². The first-order valence-electron chi connectivity index (χ1n) is 9.83. The molecule has 0 spiro atoms. The van der Waals surface area contributed by atoms with Crippen LogP contribution in [-0.2, 0) is 6.18 Å². The molecule has 0 fully saturated rings. The first-order chi connectivity index (χ1) is 14.5. The molecule has 2 aliphatic rings. The zero-order chi connectivity index (χ0) is 20.9. The van der Waals surface area contributed by atoms with Crippen LogP contribution in [0, 0.1) is 0 Å². The molecule has 1 atom stereocenters. The molecule has 0 aliphatic carbocycles. The third kappa shape index (κ3) is 3.05. The average molecular weight is 412 g/mol. The smallest absolute Gasteiger partial charge is 0.416 e. The minimum atomic E-state index is -4.41. The van der Waals surface area contributed by atoms with Gasteiger partial charge in [0.2, 0.25) is 0 Å². The molecule has 0 radical (unpaired) electrons. The summed E-state index contributed by atoms with van der Waals surface area (Å²) in [7, 11) is 0. The van der Waals surface area contributed by atoms with Gasteiger partial charge < -0.3 is 14.0 Å². The van der Waals surface area contributed by atoms with Gasteiger partial charge in [-0.05, 0) is 36.8 Å². The quantitative estimate of drug-likeness (QED) is 0.552. The highest BCUT2D eigenvalue weighted by molar-refractivity contribution is 6.13. The van der Waals surface area contributed by atoms with E-state index in [4.69, 9.17) is 14.5 Å². The number of halogens is 3. The Morgan fingerprint density at radius 1 is 1.03 bits per heavy atom. The van der Waals surface area contributed by atoms with Crippen LogP contribution in [0.1, 0.15) is 41.8 Å². The van der Waals surface area contributed by atoms with Gasteiger partial charge in [0, 0.05) is 23.4 Å². The maximum Gasteiger partial charge on any atom is 0.416 e. The van der Waals surface area contributed by atoms with Crippen molar-refractivity contribution in [2.45, 2.75) is 25.6 Å². The largest absolute Gasteiger partial charge is 0.486 e. The number of benzene rings is 2. The highest BCUT2D eigenvalue weighted by atomic mass is 19.4. The zero-order valence-electron chi connectivity index (χ0n) is 16.2. The van der Waals surface area contributed by atoms with Crippen LogP contribution in [0.5, 0.6) is 11.5 Å². The van der Waals surface area contributed by atoms with Crippen LogP contribution >= 0.6 is 0 Å². The highest BCUT2D eigenvalue weighted by Gasteiger charge is 2.32. The predicted octanol–water partition coefficient (Wildman–Crippen LogP) is 5.57. The monoisotopic (exact) mass is 412 g/mol. The number of fused-ring (bicyclic) bond motifs is 4. The van der Waals surface area contributed by atoms with E-state index in [1.165, 1.54) is 6.07 Å². The van der Waals surface area contributed by atoms with Crippen molar-refractivity contribution in [2.24, 2.45) is 4.99 Å². The lowest BCUT2D eigenvalue weighted by Gasteiger charge is -2.22. The van der Waals surface area contributed by atoms with Crippen molar-refractivity contribution in [1.82, 2.24) is 4.57 Å².